The Labute approximate surface area is 71.8 Å². The fourth-order valence-electron chi connectivity index (χ4n) is 1.64. The number of rotatable bonds is 4. The maximum atomic E-state index is 3.75. The molecule has 1 fully saturated rings. The standard InChI is InChI=1S/C10H19P/c1-2-3-5-8-11-9-6-4-7-10-11/h2H,1,3-10H2. The molecule has 1 aliphatic heterocycles. The molecule has 0 aliphatic carbocycles. The van der Waals surface area contributed by atoms with E-state index in [9.17, 15) is 0 Å². The van der Waals surface area contributed by atoms with Crippen LogP contribution in [0.3, 0.4) is 0 Å². The van der Waals surface area contributed by atoms with Gasteiger partial charge < -0.3 is 0 Å². The van der Waals surface area contributed by atoms with E-state index in [2.05, 4.69) is 12.7 Å². The third-order valence-electron chi connectivity index (χ3n) is 2.33. The Morgan fingerprint density at radius 3 is 2.55 bits per heavy atom. The van der Waals surface area contributed by atoms with Crippen LogP contribution in [0, 0.1) is 0 Å². The fraction of sp³-hybridized carbons (Fsp3) is 0.800. The topological polar surface area (TPSA) is 0 Å². The zero-order valence-electron chi connectivity index (χ0n) is 7.39. The summed E-state index contributed by atoms with van der Waals surface area (Å²) in [6.45, 7) is 3.75. The van der Waals surface area contributed by atoms with Crippen LogP contribution >= 0.6 is 7.92 Å². The quantitative estimate of drug-likeness (QED) is 0.343. The lowest BCUT2D eigenvalue weighted by molar-refractivity contribution is 0.748. The summed E-state index contributed by atoms with van der Waals surface area (Å²) < 4.78 is 0. The van der Waals surface area contributed by atoms with E-state index < -0.39 is 0 Å². The number of unbranched alkanes of at least 4 members (excludes halogenated alkanes) is 1. The first-order valence-electron chi connectivity index (χ1n) is 4.77. The summed E-state index contributed by atoms with van der Waals surface area (Å²) in [6.07, 6.45) is 13.9. The van der Waals surface area contributed by atoms with Crippen molar-refractivity contribution in [3.8, 4) is 0 Å². The molecule has 0 unspecified atom stereocenters. The van der Waals surface area contributed by atoms with Gasteiger partial charge in [0.05, 0.1) is 0 Å². The van der Waals surface area contributed by atoms with Crippen molar-refractivity contribution in [2.75, 3.05) is 18.5 Å². The summed E-state index contributed by atoms with van der Waals surface area (Å²) in [5, 5.41) is 0. The molecular weight excluding hydrogens is 151 g/mol. The maximum absolute atomic E-state index is 3.75. The van der Waals surface area contributed by atoms with Crippen LogP contribution in [-0.4, -0.2) is 18.5 Å². The van der Waals surface area contributed by atoms with Crippen molar-refractivity contribution < 1.29 is 0 Å². The first-order chi connectivity index (χ1) is 5.43. The largest absolute Gasteiger partial charge is 0.107 e. The molecule has 1 heteroatoms. The molecule has 1 heterocycles. The molecule has 0 radical (unpaired) electrons. The monoisotopic (exact) mass is 170 g/mol. The molecule has 0 aromatic heterocycles. The Morgan fingerprint density at radius 2 is 1.91 bits per heavy atom. The van der Waals surface area contributed by atoms with Gasteiger partial charge in [0, 0.05) is 0 Å². The van der Waals surface area contributed by atoms with Gasteiger partial charge in [-0.05, 0) is 44.2 Å². The van der Waals surface area contributed by atoms with Crippen LogP contribution in [0.5, 0.6) is 0 Å². The average Bonchev–Trinajstić information content (AvgIpc) is 2.07. The number of hydrogen-bond acceptors (Lipinski definition) is 0. The molecule has 1 saturated heterocycles. The molecule has 0 nitrogen and oxygen atoms in total. The van der Waals surface area contributed by atoms with E-state index in [-0.39, 0.29) is 0 Å². The van der Waals surface area contributed by atoms with Crippen LogP contribution in [0.25, 0.3) is 0 Å². The molecule has 64 valence electrons. The zero-order valence-corrected chi connectivity index (χ0v) is 8.28. The molecule has 0 bridgehead atoms. The summed E-state index contributed by atoms with van der Waals surface area (Å²) in [6, 6.07) is 0. The normalized spacial score (nSPS) is 20.0. The summed E-state index contributed by atoms with van der Waals surface area (Å²) in [7, 11) is 0.469. The Hall–Kier alpha value is 0.170. The SMILES string of the molecule is C=CCCCP1CCCCC1. The van der Waals surface area contributed by atoms with Gasteiger partial charge in [0.1, 0.15) is 0 Å². The maximum Gasteiger partial charge on any atom is -0.0323 e. The predicted molar refractivity (Wildman–Crippen MR) is 54.8 cm³/mol. The highest BCUT2D eigenvalue weighted by Crippen LogP contribution is 2.42. The second-order valence-corrected chi connectivity index (χ2v) is 6.02. The predicted octanol–water partition coefficient (Wildman–Crippen LogP) is 3.62. The smallest absolute Gasteiger partial charge is 0.0323 e. The van der Waals surface area contributed by atoms with E-state index >= 15 is 0 Å². The van der Waals surface area contributed by atoms with Gasteiger partial charge in [0.15, 0.2) is 0 Å². The van der Waals surface area contributed by atoms with Crippen molar-refractivity contribution in [1.82, 2.24) is 0 Å². The molecule has 0 aromatic rings. The minimum Gasteiger partial charge on any atom is -0.107 e. The summed E-state index contributed by atoms with van der Waals surface area (Å²) in [5.41, 5.74) is 0. The molecule has 1 aliphatic rings. The highest BCUT2D eigenvalue weighted by molar-refractivity contribution is 7.57. The van der Waals surface area contributed by atoms with Gasteiger partial charge in [0.2, 0.25) is 0 Å². The number of allylic oxidation sites excluding steroid dienone is 1. The van der Waals surface area contributed by atoms with E-state index in [1.54, 1.807) is 12.3 Å². The Kier molecular flexibility index (Phi) is 4.86. The van der Waals surface area contributed by atoms with Crippen LogP contribution in [0.1, 0.15) is 32.1 Å². The molecule has 0 atom stereocenters. The van der Waals surface area contributed by atoms with Crippen molar-refractivity contribution in [2.45, 2.75) is 32.1 Å². The van der Waals surface area contributed by atoms with E-state index in [0.717, 1.165) is 0 Å². The van der Waals surface area contributed by atoms with E-state index in [0.29, 0.717) is 7.92 Å². The van der Waals surface area contributed by atoms with Crippen molar-refractivity contribution in [3.05, 3.63) is 12.7 Å². The summed E-state index contributed by atoms with van der Waals surface area (Å²) >= 11 is 0. The molecular formula is C10H19P. The van der Waals surface area contributed by atoms with Crippen molar-refractivity contribution in [3.63, 3.8) is 0 Å². The number of hydrogen-bond donors (Lipinski definition) is 0. The van der Waals surface area contributed by atoms with Gasteiger partial charge in [-0.3, -0.25) is 0 Å². The van der Waals surface area contributed by atoms with Crippen LogP contribution in [0.15, 0.2) is 12.7 Å². The summed E-state index contributed by atoms with van der Waals surface area (Å²) in [4.78, 5) is 0. The van der Waals surface area contributed by atoms with Gasteiger partial charge >= 0.3 is 0 Å². The summed E-state index contributed by atoms with van der Waals surface area (Å²) in [5.74, 6) is 0. The third kappa shape index (κ3) is 3.91. The molecule has 0 aromatic carbocycles. The highest BCUT2D eigenvalue weighted by Gasteiger charge is 2.10. The lowest BCUT2D eigenvalue weighted by atomic mass is 10.3. The van der Waals surface area contributed by atoms with E-state index in [1.165, 1.54) is 38.3 Å². The lowest BCUT2D eigenvalue weighted by Gasteiger charge is -2.21. The third-order valence-corrected chi connectivity index (χ3v) is 5.18. The average molecular weight is 170 g/mol. The molecule has 0 spiro atoms. The second-order valence-electron chi connectivity index (χ2n) is 3.33. The van der Waals surface area contributed by atoms with Crippen LogP contribution in [0.4, 0.5) is 0 Å². The van der Waals surface area contributed by atoms with Gasteiger partial charge in [-0.25, -0.2) is 0 Å². The Bertz CT molecular complexity index is 103. The minimum absolute atomic E-state index is 0.469. The Morgan fingerprint density at radius 1 is 1.18 bits per heavy atom. The van der Waals surface area contributed by atoms with Crippen molar-refractivity contribution >= 4 is 7.92 Å². The first-order valence-corrected chi connectivity index (χ1v) is 6.66. The molecule has 1 rings (SSSR count). The minimum atomic E-state index is 0.469. The van der Waals surface area contributed by atoms with Crippen LogP contribution < -0.4 is 0 Å². The van der Waals surface area contributed by atoms with Gasteiger partial charge in [-0.2, -0.15) is 0 Å². The van der Waals surface area contributed by atoms with Crippen molar-refractivity contribution in [2.24, 2.45) is 0 Å². The fourth-order valence-corrected chi connectivity index (χ4v) is 4.28. The molecule has 11 heavy (non-hydrogen) atoms. The first kappa shape index (κ1) is 9.26. The van der Waals surface area contributed by atoms with Crippen molar-refractivity contribution in [1.29, 1.82) is 0 Å². The zero-order chi connectivity index (χ0) is 7.94. The van der Waals surface area contributed by atoms with Crippen LogP contribution in [0.2, 0.25) is 0 Å². The van der Waals surface area contributed by atoms with Crippen LogP contribution in [-0.2, 0) is 0 Å². The molecule has 0 amide bonds. The van der Waals surface area contributed by atoms with E-state index in [4.69, 9.17) is 0 Å². The lowest BCUT2D eigenvalue weighted by Crippen LogP contribution is -2.01. The van der Waals surface area contributed by atoms with Gasteiger partial charge in [-0.1, -0.05) is 12.5 Å². The second kappa shape index (κ2) is 5.77. The van der Waals surface area contributed by atoms with Gasteiger partial charge in [-0.15, -0.1) is 14.5 Å². The van der Waals surface area contributed by atoms with Gasteiger partial charge in [0.25, 0.3) is 0 Å². The molecule has 0 saturated carbocycles. The Balaban J connectivity index is 2.00. The molecule has 0 N–H and O–H groups in total. The van der Waals surface area contributed by atoms with E-state index in [1.807, 2.05) is 0 Å². The highest BCUT2D eigenvalue weighted by atomic mass is 31.1.